The Bertz CT molecular complexity index is 1090. The van der Waals surface area contributed by atoms with E-state index in [1.165, 1.54) is 41.4 Å². The van der Waals surface area contributed by atoms with Crippen molar-refractivity contribution in [1.82, 2.24) is 9.55 Å². The number of nitro benzene ring substituents is 1. The van der Waals surface area contributed by atoms with Gasteiger partial charge in [-0.2, -0.15) is 0 Å². The van der Waals surface area contributed by atoms with Crippen molar-refractivity contribution in [2.75, 3.05) is 7.11 Å². The number of thiophene rings is 1. The Hall–Kier alpha value is -2.74. The number of hydrogen-bond donors (Lipinski definition) is 0. The summed E-state index contributed by atoms with van der Waals surface area (Å²) >= 11 is 1.62. The summed E-state index contributed by atoms with van der Waals surface area (Å²) < 4.78 is 6.83. The van der Waals surface area contributed by atoms with Crippen LogP contribution in [-0.4, -0.2) is 21.6 Å². The van der Waals surface area contributed by atoms with E-state index in [1.807, 2.05) is 0 Å². The molecule has 1 aliphatic carbocycles. The van der Waals surface area contributed by atoms with Gasteiger partial charge in [0.15, 0.2) is 0 Å². The van der Waals surface area contributed by atoms with Crippen molar-refractivity contribution in [3.05, 3.63) is 61.0 Å². The van der Waals surface area contributed by atoms with Crippen molar-refractivity contribution < 1.29 is 9.66 Å². The van der Waals surface area contributed by atoms with Crippen LogP contribution in [0.1, 0.15) is 35.3 Å². The topological polar surface area (TPSA) is 87.3 Å². The van der Waals surface area contributed by atoms with Gasteiger partial charge in [-0.1, -0.05) is 6.42 Å². The third-order valence-electron chi connectivity index (χ3n) is 5.01. The highest BCUT2D eigenvalue weighted by atomic mass is 32.1. The summed E-state index contributed by atoms with van der Waals surface area (Å²) in [4.78, 5) is 30.3. The van der Waals surface area contributed by atoms with E-state index < -0.39 is 4.92 Å². The molecule has 4 rings (SSSR count). The molecular weight excluding hydrogens is 366 g/mol. The van der Waals surface area contributed by atoms with Gasteiger partial charge in [0.25, 0.3) is 11.2 Å². The van der Waals surface area contributed by atoms with Crippen LogP contribution in [0.25, 0.3) is 10.2 Å². The quantitative estimate of drug-likeness (QED) is 0.388. The molecule has 0 bridgehead atoms. The van der Waals surface area contributed by atoms with E-state index in [9.17, 15) is 14.9 Å². The third kappa shape index (κ3) is 3.21. The van der Waals surface area contributed by atoms with Gasteiger partial charge in [-0.3, -0.25) is 19.5 Å². The predicted molar refractivity (Wildman–Crippen MR) is 104 cm³/mol. The molecule has 140 valence electrons. The highest BCUT2D eigenvalue weighted by Gasteiger charge is 2.20. The van der Waals surface area contributed by atoms with Gasteiger partial charge in [-0.05, 0) is 37.3 Å². The molecule has 0 radical (unpaired) electrons. The summed E-state index contributed by atoms with van der Waals surface area (Å²) in [6, 6.07) is 4.40. The zero-order chi connectivity index (χ0) is 19.0. The Balaban J connectivity index is 1.80. The van der Waals surface area contributed by atoms with Gasteiger partial charge >= 0.3 is 0 Å². The van der Waals surface area contributed by atoms with Crippen molar-refractivity contribution in [3.63, 3.8) is 0 Å². The van der Waals surface area contributed by atoms with Crippen LogP contribution in [0.3, 0.4) is 0 Å². The van der Waals surface area contributed by atoms with Crippen LogP contribution in [0.4, 0.5) is 5.69 Å². The fourth-order valence-corrected chi connectivity index (χ4v) is 4.88. The first-order valence-electron chi connectivity index (χ1n) is 8.89. The van der Waals surface area contributed by atoms with Crippen LogP contribution in [0, 0.1) is 10.1 Å². The number of nitro groups is 1. The van der Waals surface area contributed by atoms with Crippen LogP contribution >= 0.6 is 11.3 Å². The molecule has 1 aromatic carbocycles. The van der Waals surface area contributed by atoms with E-state index in [4.69, 9.17) is 4.74 Å². The van der Waals surface area contributed by atoms with Gasteiger partial charge in [0.05, 0.1) is 30.3 Å². The van der Waals surface area contributed by atoms with E-state index >= 15 is 0 Å². The summed E-state index contributed by atoms with van der Waals surface area (Å²) in [5, 5.41) is 11.8. The van der Waals surface area contributed by atoms with Crippen molar-refractivity contribution in [2.24, 2.45) is 0 Å². The average Bonchev–Trinajstić information content (AvgIpc) is 2.86. The maximum absolute atomic E-state index is 13.2. The van der Waals surface area contributed by atoms with Crippen LogP contribution in [0.15, 0.2) is 29.3 Å². The Labute approximate surface area is 159 Å². The Morgan fingerprint density at radius 3 is 2.89 bits per heavy atom. The second kappa shape index (κ2) is 7.11. The molecule has 8 heteroatoms. The van der Waals surface area contributed by atoms with Gasteiger partial charge in [0.1, 0.15) is 10.6 Å². The number of hydrogen-bond acceptors (Lipinski definition) is 6. The number of ether oxygens (including phenoxy) is 1. The standard InChI is InChI=1S/C19H19N3O4S/c1-26-15-8-7-13(22(24)25)9-12(15)10-21-11-20-18-17(19(21)23)14-5-3-2-4-6-16(14)27-18/h7-9,11H,2-6,10H2,1H3. The third-order valence-corrected chi connectivity index (χ3v) is 6.21. The van der Waals surface area contributed by atoms with Crippen molar-refractivity contribution in [3.8, 4) is 5.75 Å². The van der Waals surface area contributed by atoms with Gasteiger partial charge in [-0.25, -0.2) is 4.98 Å². The molecule has 0 saturated carbocycles. The molecule has 0 spiro atoms. The molecule has 0 aliphatic heterocycles. The molecule has 27 heavy (non-hydrogen) atoms. The first-order valence-corrected chi connectivity index (χ1v) is 9.71. The second-order valence-electron chi connectivity index (χ2n) is 6.68. The van der Waals surface area contributed by atoms with Crippen LogP contribution in [0.2, 0.25) is 0 Å². The van der Waals surface area contributed by atoms with Crippen molar-refractivity contribution >= 4 is 27.2 Å². The molecule has 7 nitrogen and oxygen atoms in total. The number of fused-ring (bicyclic) bond motifs is 3. The van der Waals surface area contributed by atoms with Crippen LogP contribution in [-0.2, 0) is 19.4 Å². The molecule has 0 fully saturated rings. The predicted octanol–water partition coefficient (Wildman–Crippen LogP) is 3.69. The zero-order valence-corrected chi connectivity index (χ0v) is 15.8. The lowest BCUT2D eigenvalue weighted by Crippen LogP contribution is -2.21. The molecule has 2 aromatic heterocycles. The van der Waals surface area contributed by atoms with E-state index in [1.54, 1.807) is 17.4 Å². The zero-order valence-electron chi connectivity index (χ0n) is 14.9. The molecule has 3 aromatic rings. The van der Waals surface area contributed by atoms with E-state index in [2.05, 4.69) is 4.98 Å². The van der Waals surface area contributed by atoms with Gasteiger partial charge in [0, 0.05) is 22.6 Å². The lowest BCUT2D eigenvalue weighted by atomic mass is 10.1. The number of benzene rings is 1. The highest BCUT2D eigenvalue weighted by Crippen LogP contribution is 2.33. The summed E-state index contributed by atoms with van der Waals surface area (Å²) in [5.41, 5.74) is 1.60. The summed E-state index contributed by atoms with van der Waals surface area (Å²) in [5.74, 6) is 0.511. The van der Waals surface area contributed by atoms with Gasteiger partial charge in [-0.15, -0.1) is 11.3 Å². The van der Waals surface area contributed by atoms with E-state index in [0.29, 0.717) is 16.7 Å². The lowest BCUT2D eigenvalue weighted by Gasteiger charge is -2.10. The summed E-state index contributed by atoms with van der Waals surface area (Å²) in [6.45, 7) is 0.178. The van der Waals surface area contributed by atoms with Gasteiger partial charge < -0.3 is 4.74 Å². The molecule has 1 aliphatic rings. The molecular formula is C19H19N3O4S. The molecule has 0 unspecified atom stereocenters. The number of non-ortho nitro benzene ring substituents is 1. The number of aryl methyl sites for hydroxylation is 2. The van der Waals surface area contributed by atoms with Gasteiger partial charge in [0.2, 0.25) is 0 Å². The minimum atomic E-state index is -0.452. The normalized spacial score (nSPS) is 14.0. The Morgan fingerprint density at radius 1 is 1.30 bits per heavy atom. The largest absolute Gasteiger partial charge is 0.496 e. The first kappa shape index (κ1) is 17.7. The van der Waals surface area contributed by atoms with Crippen LogP contribution < -0.4 is 10.3 Å². The first-order chi connectivity index (χ1) is 13.1. The van der Waals surface area contributed by atoms with E-state index in [-0.39, 0.29) is 17.8 Å². The number of rotatable bonds is 4. The molecule has 0 atom stereocenters. The molecule has 2 heterocycles. The Morgan fingerprint density at radius 2 is 2.11 bits per heavy atom. The average molecular weight is 385 g/mol. The minimum Gasteiger partial charge on any atom is -0.496 e. The molecule has 0 amide bonds. The van der Waals surface area contributed by atoms with Crippen LogP contribution in [0.5, 0.6) is 5.75 Å². The number of aromatic nitrogens is 2. The number of methoxy groups -OCH3 is 1. The highest BCUT2D eigenvalue weighted by molar-refractivity contribution is 7.18. The van der Waals surface area contributed by atoms with E-state index in [0.717, 1.165) is 36.1 Å². The summed E-state index contributed by atoms with van der Waals surface area (Å²) in [6.07, 6.45) is 6.87. The smallest absolute Gasteiger partial charge is 0.270 e. The summed E-state index contributed by atoms with van der Waals surface area (Å²) in [7, 11) is 1.51. The Kier molecular flexibility index (Phi) is 4.65. The van der Waals surface area contributed by atoms with Crippen molar-refractivity contribution in [2.45, 2.75) is 38.6 Å². The lowest BCUT2D eigenvalue weighted by molar-refractivity contribution is -0.384. The second-order valence-corrected chi connectivity index (χ2v) is 7.76. The molecule has 0 N–H and O–H groups in total. The maximum Gasteiger partial charge on any atom is 0.270 e. The fourth-order valence-electron chi connectivity index (χ4n) is 3.66. The monoisotopic (exact) mass is 385 g/mol. The minimum absolute atomic E-state index is 0.0303. The molecule has 0 saturated heterocycles. The van der Waals surface area contributed by atoms with Crippen molar-refractivity contribution in [1.29, 1.82) is 0 Å². The fraction of sp³-hybridized carbons (Fsp3) is 0.368. The number of nitrogens with zero attached hydrogens (tertiary/aromatic N) is 3. The SMILES string of the molecule is COc1ccc([N+](=O)[O-])cc1Cn1cnc2sc3c(c2c1=O)CCCCC3. The maximum atomic E-state index is 13.2.